The number of nitrogens with zero attached hydrogens (tertiary/aromatic N) is 2. The summed E-state index contributed by atoms with van der Waals surface area (Å²) in [5.41, 5.74) is 0.713. The normalized spacial score (nSPS) is 10.7. The summed E-state index contributed by atoms with van der Waals surface area (Å²) < 4.78 is 43.9. The van der Waals surface area contributed by atoms with Crippen LogP contribution in [0.3, 0.4) is 0 Å². The van der Waals surface area contributed by atoms with Crippen molar-refractivity contribution in [1.82, 2.24) is 9.97 Å². The zero-order valence-corrected chi connectivity index (χ0v) is 9.72. The van der Waals surface area contributed by atoms with Crippen molar-refractivity contribution in [3.8, 4) is 0 Å². The number of aromatic nitrogens is 2. The smallest absolute Gasteiger partial charge is 0.251 e. The summed E-state index contributed by atoms with van der Waals surface area (Å²) in [5.74, 6) is -3.10. The second-order valence-corrected chi connectivity index (χ2v) is 3.69. The minimum absolute atomic E-state index is 0.0314. The number of hydrogen-bond donors (Lipinski definition) is 1. The van der Waals surface area contributed by atoms with Crippen molar-refractivity contribution in [2.45, 2.75) is 20.4 Å². The van der Waals surface area contributed by atoms with E-state index in [1.54, 1.807) is 13.8 Å². The van der Waals surface area contributed by atoms with E-state index in [4.69, 9.17) is 4.42 Å². The van der Waals surface area contributed by atoms with Gasteiger partial charge in [-0.05, 0) is 13.8 Å². The maximum absolute atomic E-state index is 13.2. The molecule has 1 N–H and O–H groups in total. The highest BCUT2D eigenvalue weighted by Gasteiger charge is 2.12. The zero-order valence-electron chi connectivity index (χ0n) is 9.72. The molecule has 2 rings (SSSR count). The van der Waals surface area contributed by atoms with Gasteiger partial charge in [0.05, 0.1) is 12.2 Å². The van der Waals surface area contributed by atoms with Crippen molar-refractivity contribution in [2.75, 3.05) is 5.32 Å². The standard InChI is InChI=1S/C11H10F3N3O/c1-5-6(2)18-9(16-5)4-15-11-8(13)3-7(12)10(14)17-11/h3H,4H2,1-2H3,(H,15,17). The zero-order chi connectivity index (χ0) is 13.3. The Hall–Kier alpha value is -2.05. The Morgan fingerprint density at radius 1 is 1.17 bits per heavy atom. The van der Waals surface area contributed by atoms with Crippen LogP contribution in [-0.2, 0) is 6.54 Å². The predicted molar refractivity (Wildman–Crippen MR) is 57.4 cm³/mol. The van der Waals surface area contributed by atoms with E-state index in [1.807, 2.05) is 0 Å². The molecule has 2 aromatic heterocycles. The first-order valence-corrected chi connectivity index (χ1v) is 5.15. The Bertz CT molecular complexity index is 564. The van der Waals surface area contributed by atoms with Gasteiger partial charge in [0, 0.05) is 6.07 Å². The van der Waals surface area contributed by atoms with E-state index in [0.717, 1.165) is 0 Å². The lowest BCUT2D eigenvalue weighted by Crippen LogP contribution is -2.06. The van der Waals surface area contributed by atoms with Gasteiger partial charge in [0.1, 0.15) is 5.76 Å². The Balaban J connectivity index is 2.13. The second kappa shape index (κ2) is 4.67. The van der Waals surface area contributed by atoms with Crippen molar-refractivity contribution in [1.29, 1.82) is 0 Å². The highest BCUT2D eigenvalue weighted by molar-refractivity contribution is 5.36. The van der Waals surface area contributed by atoms with E-state index >= 15 is 0 Å². The molecule has 0 atom stereocenters. The van der Waals surface area contributed by atoms with Gasteiger partial charge >= 0.3 is 0 Å². The van der Waals surface area contributed by atoms with Crippen molar-refractivity contribution >= 4 is 5.82 Å². The summed E-state index contributed by atoms with van der Waals surface area (Å²) in [6.45, 7) is 3.53. The predicted octanol–water partition coefficient (Wildman–Crippen LogP) is 2.72. The van der Waals surface area contributed by atoms with Crippen molar-refractivity contribution in [2.24, 2.45) is 0 Å². The van der Waals surface area contributed by atoms with Crippen LogP contribution in [-0.4, -0.2) is 9.97 Å². The van der Waals surface area contributed by atoms with Crippen LogP contribution >= 0.6 is 0 Å². The van der Waals surface area contributed by atoms with Crippen LogP contribution in [0.2, 0.25) is 0 Å². The molecule has 0 saturated heterocycles. The lowest BCUT2D eigenvalue weighted by atomic mass is 10.4. The number of hydrogen-bond acceptors (Lipinski definition) is 4. The molecule has 2 heterocycles. The molecule has 96 valence electrons. The first-order chi connectivity index (χ1) is 8.47. The van der Waals surface area contributed by atoms with Gasteiger partial charge in [0.15, 0.2) is 17.5 Å². The summed E-state index contributed by atoms with van der Waals surface area (Å²) in [4.78, 5) is 7.17. The lowest BCUT2D eigenvalue weighted by molar-refractivity contribution is 0.462. The van der Waals surface area contributed by atoms with Gasteiger partial charge < -0.3 is 9.73 Å². The number of halogens is 3. The van der Waals surface area contributed by atoms with E-state index in [-0.39, 0.29) is 12.4 Å². The molecule has 0 spiro atoms. The molecule has 0 aliphatic heterocycles. The highest BCUT2D eigenvalue weighted by atomic mass is 19.2. The molecule has 4 nitrogen and oxygen atoms in total. The van der Waals surface area contributed by atoms with Crippen LogP contribution in [0.15, 0.2) is 10.5 Å². The van der Waals surface area contributed by atoms with Crippen LogP contribution in [0.4, 0.5) is 19.0 Å². The molecule has 0 aromatic carbocycles. The Morgan fingerprint density at radius 3 is 2.50 bits per heavy atom. The van der Waals surface area contributed by atoms with E-state index < -0.39 is 17.6 Å². The third kappa shape index (κ3) is 2.44. The maximum atomic E-state index is 13.2. The molecule has 2 aromatic rings. The summed E-state index contributed by atoms with van der Waals surface area (Å²) in [6.07, 6.45) is 0. The third-order valence-electron chi connectivity index (χ3n) is 2.37. The molecule has 0 fully saturated rings. The van der Waals surface area contributed by atoms with Crippen LogP contribution in [0.25, 0.3) is 0 Å². The number of oxazole rings is 1. The second-order valence-electron chi connectivity index (χ2n) is 3.69. The molecule has 0 aliphatic carbocycles. The van der Waals surface area contributed by atoms with Crippen LogP contribution < -0.4 is 5.32 Å². The monoisotopic (exact) mass is 257 g/mol. The fraction of sp³-hybridized carbons (Fsp3) is 0.273. The van der Waals surface area contributed by atoms with Gasteiger partial charge in [-0.2, -0.15) is 9.37 Å². The number of aryl methyl sites for hydroxylation is 2. The maximum Gasteiger partial charge on any atom is 0.251 e. The fourth-order valence-electron chi connectivity index (χ4n) is 1.34. The molecule has 0 amide bonds. The van der Waals surface area contributed by atoms with E-state index in [1.165, 1.54) is 0 Å². The van der Waals surface area contributed by atoms with Gasteiger partial charge in [-0.15, -0.1) is 0 Å². The molecule has 0 unspecified atom stereocenters. The average Bonchev–Trinajstić information content (AvgIpc) is 2.62. The van der Waals surface area contributed by atoms with Crippen LogP contribution in [0.5, 0.6) is 0 Å². The number of nitrogens with one attached hydrogen (secondary N) is 1. The van der Waals surface area contributed by atoms with Gasteiger partial charge in [0.2, 0.25) is 5.89 Å². The Kier molecular flexibility index (Phi) is 3.22. The summed E-state index contributed by atoms with van der Waals surface area (Å²) in [7, 11) is 0. The fourth-order valence-corrected chi connectivity index (χ4v) is 1.34. The summed E-state index contributed by atoms with van der Waals surface area (Å²) >= 11 is 0. The quantitative estimate of drug-likeness (QED) is 0.859. The first-order valence-electron chi connectivity index (χ1n) is 5.15. The molecule has 0 aliphatic rings. The van der Waals surface area contributed by atoms with Gasteiger partial charge in [-0.1, -0.05) is 0 Å². The van der Waals surface area contributed by atoms with E-state index in [9.17, 15) is 13.2 Å². The SMILES string of the molecule is Cc1nc(CNc2nc(F)c(F)cc2F)oc1C. The summed E-state index contributed by atoms with van der Waals surface area (Å²) in [6, 6.07) is 0.427. The topological polar surface area (TPSA) is 51.0 Å². The van der Waals surface area contributed by atoms with Crippen molar-refractivity contribution in [3.05, 3.63) is 41.0 Å². The summed E-state index contributed by atoms with van der Waals surface area (Å²) in [5, 5.41) is 2.49. The Labute approximate surface area is 101 Å². The van der Waals surface area contributed by atoms with Gasteiger partial charge in [0.25, 0.3) is 5.95 Å². The third-order valence-corrected chi connectivity index (χ3v) is 2.37. The van der Waals surface area contributed by atoms with Gasteiger partial charge in [-0.3, -0.25) is 0 Å². The highest BCUT2D eigenvalue weighted by Crippen LogP contribution is 2.16. The minimum atomic E-state index is -1.36. The van der Waals surface area contributed by atoms with E-state index in [0.29, 0.717) is 23.4 Å². The van der Waals surface area contributed by atoms with Crippen LogP contribution in [0.1, 0.15) is 17.3 Å². The van der Waals surface area contributed by atoms with E-state index in [2.05, 4.69) is 15.3 Å². The Morgan fingerprint density at radius 2 is 1.89 bits per heavy atom. The lowest BCUT2D eigenvalue weighted by Gasteiger charge is -2.04. The molecule has 0 bridgehead atoms. The molecular formula is C11H10F3N3O. The first kappa shape index (κ1) is 12.4. The van der Waals surface area contributed by atoms with Crippen molar-refractivity contribution < 1.29 is 17.6 Å². The minimum Gasteiger partial charge on any atom is -0.444 e. The molecule has 0 saturated carbocycles. The number of anilines is 1. The van der Waals surface area contributed by atoms with Gasteiger partial charge in [-0.25, -0.2) is 13.8 Å². The molecule has 0 radical (unpaired) electrons. The van der Waals surface area contributed by atoms with Crippen molar-refractivity contribution in [3.63, 3.8) is 0 Å². The van der Waals surface area contributed by atoms with Crippen LogP contribution in [0, 0.1) is 31.4 Å². The molecule has 18 heavy (non-hydrogen) atoms. The number of rotatable bonds is 3. The molecule has 7 heteroatoms. The molecular weight excluding hydrogens is 247 g/mol. The average molecular weight is 257 g/mol. The number of pyridine rings is 1. The largest absolute Gasteiger partial charge is 0.444 e.